The average Bonchev–Trinajstić information content (AvgIpc) is 3.13. The van der Waals surface area contributed by atoms with Crippen LogP contribution in [0, 0.1) is 5.92 Å². The van der Waals surface area contributed by atoms with Gasteiger partial charge in [0.1, 0.15) is 0 Å². The molecule has 1 saturated heterocycles. The molecule has 94 valence electrons. The maximum atomic E-state index is 3.69. The van der Waals surface area contributed by atoms with E-state index in [-0.39, 0.29) is 0 Å². The summed E-state index contributed by atoms with van der Waals surface area (Å²) in [6.45, 7) is 8.41. The molecule has 2 aliphatic rings. The molecule has 16 heavy (non-hydrogen) atoms. The summed E-state index contributed by atoms with van der Waals surface area (Å²) in [4.78, 5) is 2.70. The van der Waals surface area contributed by atoms with Crippen LogP contribution in [0.1, 0.15) is 33.1 Å². The number of hydrogen-bond donors (Lipinski definition) is 1. The van der Waals surface area contributed by atoms with Crippen LogP contribution in [-0.4, -0.2) is 48.1 Å². The van der Waals surface area contributed by atoms with Crippen molar-refractivity contribution in [1.82, 2.24) is 10.2 Å². The standard InChI is InChI=1S/C13H26N2S/c1-3-16-9-6-11(2)15-8-7-14-13(10-15)12-4-5-12/h11-14H,3-10H2,1-2H3. The Bertz CT molecular complexity index is 206. The fourth-order valence-corrected chi connectivity index (χ4v) is 3.39. The zero-order chi connectivity index (χ0) is 11.4. The second-order valence-electron chi connectivity index (χ2n) is 5.23. The molecule has 0 radical (unpaired) electrons. The summed E-state index contributed by atoms with van der Waals surface area (Å²) >= 11 is 2.08. The molecule has 2 atom stereocenters. The predicted octanol–water partition coefficient (Wildman–Crippen LogP) is 2.20. The van der Waals surface area contributed by atoms with Gasteiger partial charge in [0.15, 0.2) is 0 Å². The lowest BCUT2D eigenvalue weighted by atomic mass is 10.1. The van der Waals surface area contributed by atoms with Gasteiger partial charge in [0, 0.05) is 31.7 Å². The zero-order valence-corrected chi connectivity index (χ0v) is 11.6. The number of thioether (sulfide) groups is 1. The second kappa shape index (κ2) is 6.27. The quantitative estimate of drug-likeness (QED) is 0.719. The molecule has 0 aromatic rings. The number of nitrogens with zero attached hydrogens (tertiary/aromatic N) is 1. The van der Waals surface area contributed by atoms with Crippen molar-refractivity contribution in [3.8, 4) is 0 Å². The first-order chi connectivity index (χ1) is 7.81. The summed E-state index contributed by atoms with van der Waals surface area (Å²) in [6.07, 6.45) is 4.28. The Morgan fingerprint density at radius 3 is 2.94 bits per heavy atom. The van der Waals surface area contributed by atoms with E-state index in [9.17, 15) is 0 Å². The first kappa shape index (κ1) is 12.7. The first-order valence-corrected chi connectivity index (χ1v) is 8.02. The Balaban J connectivity index is 1.70. The highest BCUT2D eigenvalue weighted by molar-refractivity contribution is 7.99. The van der Waals surface area contributed by atoms with Gasteiger partial charge in [-0.15, -0.1) is 0 Å². The molecule has 1 aliphatic heterocycles. The zero-order valence-electron chi connectivity index (χ0n) is 10.7. The van der Waals surface area contributed by atoms with E-state index in [0.717, 1.165) is 18.0 Å². The van der Waals surface area contributed by atoms with Gasteiger partial charge in [-0.25, -0.2) is 0 Å². The molecule has 1 heterocycles. The molecule has 2 unspecified atom stereocenters. The van der Waals surface area contributed by atoms with Crippen molar-refractivity contribution in [2.24, 2.45) is 5.92 Å². The van der Waals surface area contributed by atoms with Crippen molar-refractivity contribution in [3.05, 3.63) is 0 Å². The van der Waals surface area contributed by atoms with E-state index in [0.29, 0.717) is 0 Å². The minimum atomic E-state index is 0.780. The van der Waals surface area contributed by atoms with E-state index in [1.165, 1.54) is 50.4 Å². The molecule has 0 spiro atoms. The smallest absolute Gasteiger partial charge is 0.0223 e. The van der Waals surface area contributed by atoms with E-state index in [2.05, 4.69) is 35.8 Å². The molecule has 2 rings (SSSR count). The van der Waals surface area contributed by atoms with Crippen LogP contribution in [0.5, 0.6) is 0 Å². The maximum absolute atomic E-state index is 3.69. The van der Waals surface area contributed by atoms with Gasteiger partial charge in [-0.05, 0) is 43.6 Å². The summed E-state index contributed by atoms with van der Waals surface area (Å²) in [5.74, 6) is 3.59. The van der Waals surface area contributed by atoms with Crippen LogP contribution in [0.15, 0.2) is 0 Å². The lowest BCUT2D eigenvalue weighted by Gasteiger charge is -2.37. The van der Waals surface area contributed by atoms with Crippen LogP contribution in [0.3, 0.4) is 0 Å². The molecule has 0 bridgehead atoms. The van der Waals surface area contributed by atoms with Crippen LogP contribution < -0.4 is 5.32 Å². The van der Waals surface area contributed by atoms with Crippen LogP contribution in [-0.2, 0) is 0 Å². The largest absolute Gasteiger partial charge is 0.311 e. The minimum absolute atomic E-state index is 0.780. The van der Waals surface area contributed by atoms with Gasteiger partial charge in [0.05, 0.1) is 0 Å². The third kappa shape index (κ3) is 3.64. The molecular weight excluding hydrogens is 216 g/mol. The highest BCUT2D eigenvalue weighted by Gasteiger charge is 2.34. The number of hydrogen-bond acceptors (Lipinski definition) is 3. The number of piperazine rings is 1. The summed E-state index contributed by atoms with van der Waals surface area (Å²) in [7, 11) is 0. The summed E-state index contributed by atoms with van der Waals surface area (Å²) in [6, 6.07) is 1.58. The lowest BCUT2D eigenvalue weighted by Crippen LogP contribution is -2.54. The Labute approximate surface area is 105 Å². The number of rotatable bonds is 6. The van der Waals surface area contributed by atoms with Crippen molar-refractivity contribution in [2.75, 3.05) is 31.1 Å². The molecular formula is C13H26N2S. The van der Waals surface area contributed by atoms with Crippen LogP contribution in [0.25, 0.3) is 0 Å². The normalized spacial score (nSPS) is 29.2. The van der Waals surface area contributed by atoms with Gasteiger partial charge >= 0.3 is 0 Å². The summed E-state index contributed by atoms with van der Waals surface area (Å²) in [5.41, 5.74) is 0. The highest BCUT2D eigenvalue weighted by Crippen LogP contribution is 2.34. The Kier molecular flexibility index (Phi) is 4.98. The third-order valence-electron chi connectivity index (χ3n) is 3.94. The molecule has 1 N–H and O–H groups in total. The number of nitrogens with one attached hydrogen (secondary N) is 1. The molecule has 0 aromatic carbocycles. The van der Waals surface area contributed by atoms with Crippen molar-refractivity contribution < 1.29 is 0 Å². The van der Waals surface area contributed by atoms with Gasteiger partial charge in [0.2, 0.25) is 0 Å². The van der Waals surface area contributed by atoms with Crippen LogP contribution >= 0.6 is 11.8 Å². The van der Waals surface area contributed by atoms with Crippen LogP contribution in [0.4, 0.5) is 0 Å². The lowest BCUT2D eigenvalue weighted by molar-refractivity contribution is 0.142. The fraction of sp³-hybridized carbons (Fsp3) is 1.00. The van der Waals surface area contributed by atoms with Crippen molar-refractivity contribution in [2.45, 2.75) is 45.2 Å². The van der Waals surface area contributed by atoms with Crippen molar-refractivity contribution >= 4 is 11.8 Å². The molecule has 0 aromatic heterocycles. The molecule has 1 saturated carbocycles. The third-order valence-corrected chi connectivity index (χ3v) is 4.87. The Morgan fingerprint density at radius 1 is 1.44 bits per heavy atom. The highest BCUT2D eigenvalue weighted by atomic mass is 32.2. The maximum Gasteiger partial charge on any atom is 0.0223 e. The second-order valence-corrected chi connectivity index (χ2v) is 6.62. The Hall–Kier alpha value is 0.270. The van der Waals surface area contributed by atoms with Gasteiger partial charge < -0.3 is 5.32 Å². The molecule has 3 heteroatoms. The van der Waals surface area contributed by atoms with E-state index in [4.69, 9.17) is 0 Å². The van der Waals surface area contributed by atoms with E-state index in [1.54, 1.807) is 0 Å². The predicted molar refractivity (Wildman–Crippen MR) is 73.2 cm³/mol. The van der Waals surface area contributed by atoms with Gasteiger partial charge in [0.25, 0.3) is 0 Å². The van der Waals surface area contributed by atoms with Gasteiger partial charge in [-0.1, -0.05) is 6.92 Å². The van der Waals surface area contributed by atoms with Gasteiger partial charge in [-0.2, -0.15) is 11.8 Å². The van der Waals surface area contributed by atoms with Crippen molar-refractivity contribution in [3.63, 3.8) is 0 Å². The molecule has 2 nitrogen and oxygen atoms in total. The molecule has 0 amide bonds. The van der Waals surface area contributed by atoms with Crippen LogP contribution in [0.2, 0.25) is 0 Å². The molecule has 1 aliphatic carbocycles. The first-order valence-electron chi connectivity index (χ1n) is 6.86. The van der Waals surface area contributed by atoms with E-state index in [1.807, 2.05) is 0 Å². The minimum Gasteiger partial charge on any atom is -0.311 e. The van der Waals surface area contributed by atoms with Gasteiger partial charge in [-0.3, -0.25) is 4.90 Å². The fourth-order valence-electron chi connectivity index (χ4n) is 2.60. The van der Waals surface area contributed by atoms with E-state index >= 15 is 0 Å². The van der Waals surface area contributed by atoms with E-state index < -0.39 is 0 Å². The van der Waals surface area contributed by atoms with Crippen molar-refractivity contribution in [1.29, 1.82) is 0 Å². The molecule has 2 fully saturated rings. The summed E-state index contributed by atoms with van der Waals surface area (Å²) in [5, 5.41) is 3.69. The SMILES string of the molecule is CCSCCC(C)N1CCNC(C2CC2)C1. The Morgan fingerprint density at radius 2 is 2.25 bits per heavy atom. The monoisotopic (exact) mass is 242 g/mol. The average molecular weight is 242 g/mol. The topological polar surface area (TPSA) is 15.3 Å². The summed E-state index contributed by atoms with van der Waals surface area (Å²) < 4.78 is 0.